The first-order valence-electron chi connectivity index (χ1n) is 6.33. The minimum absolute atomic E-state index is 0.0616. The van der Waals surface area contributed by atoms with Gasteiger partial charge >= 0.3 is 5.97 Å². The Kier molecular flexibility index (Phi) is 5.41. The molecule has 0 heterocycles. The Morgan fingerprint density at radius 3 is 2.41 bits per heavy atom. The third-order valence-corrected chi connectivity index (χ3v) is 3.33. The van der Waals surface area contributed by atoms with E-state index in [0.717, 1.165) is 32.1 Å². The van der Waals surface area contributed by atoms with Crippen molar-refractivity contribution in [3.8, 4) is 0 Å². The average molecular weight is 242 g/mol. The summed E-state index contributed by atoms with van der Waals surface area (Å²) < 4.78 is 0. The largest absolute Gasteiger partial charge is 0.480 e. The summed E-state index contributed by atoms with van der Waals surface area (Å²) in [6.45, 7) is 1.90. The fourth-order valence-electron chi connectivity index (χ4n) is 2.22. The van der Waals surface area contributed by atoms with Gasteiger partial charge in [-0.3, -0.25) is 4.79 Å². The van der Waals surface area contributed by atoms with E-state index in [9.17, 15) is 9.59 Å². The zero-order valence-electron chi connectivity index (χ0n) is 10.3. The van der Waals surface area contributed by atoms with Crippen LogP contribution in [-0.4, -0.2) is 29.1 Å². The molecule has 1 aliphatic carbocycles. The Morgan fingerprint density at radius 2 is 1.94 bits per heavy atom. The van der Waals surface area contributed by atoms with Gasteiger partial charge in [0, 0.05) is 12.0 Å². The number of nitrogens with two attached hydrogens (primary N) is 1. The van der Waals surface area contributed by atoms with Gasteiger partial charge in [0.1, 0.15) is 6.04 Å². The smallest absolute Gasteiger partial charge is 0.326 e. The van der Waals surface area contributed by atoms with Crippen molar-refractivity contribution in [2.24, 2.45) is 11.7 Å². The van der Waals surface area contributed by atoms with E-state index in [0.29, 0.717) is 6.42 Å². The maximum atomic E-state index is 11.9. The summed E-state index contributed by atoms with van der Waals surface area (Å²) in [7, 11) is 0. The molecule has 0 aromatic heterocycles. The van der Waals surface area contributed by atoms with Gasteiger partial charge < -0.3 is 16.2 Å². The van der Waals surface area contributed by atoms with Crippen LogP contribution in [0.5, 0.6) is 0 Å². The van der Waals surface area contributed by atoms with Gasteiger partial charge in [-0.2, -0.15) is 0 Å². The van der Waals surface area contributed by atoms with Crippen LogP contribution in [0, 0.1) is 5.92 Å². The van der Waals surface area contributed by atoms with E-state index in [1.54, 1.807) is 0 Å². The van der Waals surface area contributed by atoms with Crippen molar-refractivity contribution in [1.82, 2.24) is 5.32 Å². The molecule has 0 aliphatic heterocycles. The normalized spacial score (nSPS) is 26.2. The quantitative estimate of drug-likeness (QED) is 0.667. The first kappa shape index (κ1) is 14.0. The van der Waals surface area contributed by atoms with Crippen molar-refractivity contribution in [1.29, 1.82) is 0 Å². The van der Waals surface area contributed by atoms with Gasteiger partial charge in [0.25, 0.3) is 0 Å². The summed E-state index contributed by atoms with van der Waals surface area (Å²) in [5, 5.41) is 11.6. The molecule has 4 N–H and O–H groups in total. The minimum Gasteiger partial charge on any atom is -0.480 e. The van der Waals surface area contributed by atoms with E-state index in [4.69, 9.17) is 10.8 Å². The molecule has 98 valence electrons. The highest BCUT2D eigenvalue weighted by atomic mass is 16.4. The molecule has 1 rings (SSSR count). The van der Waals surface area contributed by atoms with E-state index in [1.807, 2.05) is 6.92 Å². The number of rotatable bonds is 5. The fraction of sp³-hybridized carbons (Fsp3) is 0.833. The highest BCUT2D eigenvalue weighted by Gasteiger charge is 2.27. The van der Waals surface area contributed by atoms with Gasteiger partial charge in [-0.05, 0) is 32.1 Å². The maximum absolute atomic E-state index is 11.9. The molecule has 0 radical (unpaired) electrons. The molecule has 1 aliphatic rings. The third-order valence-electron chi connectivity index (χ3n) is 3.33. The summed E-state index contributed by atoms with van der Waals surface area (Å²) in [5.74, 6) is -1.14. The summed E-state index contributed by atoms with van der Waals surface area (Å²) in [5.41, 5.74) is 5.77. The molecule has 1 amide bonds. The molecule has 0 bridgehead atoms. The summed E-state index contributed by atoms with van der Waals surface area (Å²) in [6.07, 6.45) is 4.46. The average Bonchev–Trinajstić information content (AvgIpc) is 2.29. The van der Waals surface area contributed by atoms with Crippen LogP contribution >= 0.6 is 0 Å². The standard InChI is InChI=1S/C12H22N2O3/c1-2-3-10(12(16)17)14-11(15)8-4-6-9(13)7-5-8/h8-10H,2-7,13H2,1H3,(H,14,15)(H,16,17)/t8?,9?,10-/m0/s1. The lowest BCUT2D eigenvalue weighted by Gasteiger charge is -2.26. The highest BCUT2D eigenvalue weighted by molar-refractivity contribution is 5.84. The number of carboxylic acids is 1. The number of amides is 1. The van der Waals surface area contributed by atoms with Crippen molar-refractivity contribution in [2.75, 3.05) is 0 Å². The lowest BCUT2D eigenvalue weighted by Crippen LogP contribution is -2.45. The van der Waals surface area contributed by atoms with Crippen LogP contribution in [0.3, 0.4) is 0 Å². The number of hydrogen-bond donors (Lipinski definition) is 3. The molecule has 5 heteroatoms. The highest BCUT2D eigenvalue weighted by Crippen LogP contribution is 2.23. The van der Waals surface area contributed by atoms with Gasteiger partial charge in [0.05, 0.1) is 0 Å². The summed E-state index contributed by atoms with van der Waals surface area (Å²) >= 11 is 0. The Hall–Kier alpha value is -1.10. The van der Waals surface area contributed by atoms with Crippen LogP contribution in [0.1, 0.15) is 45.4 Å². The van der Waals surface area contributed by atoms with Crippen LogP contribution in [0.2, 0.25) is 0 Å². The van der Waals surface area contributed by atoms with Gasteiger partial charge in [0.2, 0.25) is 5.91 Å². The van der Waals surface area contributed by atoms with E-state index in [-0.39, 0.29) is 17.9 Å². The van der Waals surface area contributed by atoms with E-state index in [2.05, 4.69) is 5.32 Å². The maximum Gasteiger partial charge on any atom is 0.326 e. The third kappa shape index (κ3) is 4.34. The number of aliphatic carboxylic acids is 1. The monoisotopic (exact) mass is 242 g/mol. The number of carboxylic acid groups (broad SMARTS) is 1. The molecule has 17 heavy (non-hydrogen) atoms. The lowest BCUT2D eigenvalue weighted by atomic mass is 9.86. The topological polar surface area (TPSA) is 92.4 Å². The van der Waals surface area contributed by atoms with Crippen molar-refractivity contribution in [3.05, 3.63) is 0 Å². The molecule has 5 nitrogen and oxygen atoms in total. The fourth-order valence-corrected chi connectivity index (χ4v) is 2.22. The number of carbonyl (C=O) groups is 2. The summed E-state index contributed by atoms with van der Waals surface area (Å²) in [4.78, 5) is 22.8. The zero-order chi connectivity index (χ0) is 12.8. The zero-order valence-corrected chi connectivity index (χ0v) is 10.3. The Morgan fingerprint density at radius 1 is 1.35 bits per heavy atom. The van der Waals surface area contributed by atoms with E-state index < -0.39 is 12.0 Å². The SMILES string of the molecule is CCC[C@H](NC(=O)C1CCC(N)CC1)C(=O)O. The van der Waals surface area contributed by atoms with Gasteiger partial charge in [-0.15, -0.1) is 0 Å². The number of carbonyl (C=O) groups excluding carboxylic acids is 1. The molecule has 0 spiro atoms. The van der Waals surface area contributed by atoms with Crippen LogP contribution in [0.15, 0.2) is 0 Å². The molecule has 0 unspecified atom stereocenters. The molecule has 0 aromatic carbocycles. The molecule has 0 saturated heterocycles. The number of nitrogens with one attached hydrogen (secondary N) is 1. The second-order valence-electron chi connectivity index (χ2n) is 4.80. The molecule has 1 saturated carbocycles. The molecule has 1 fully saturated rings. The molecular formula is C12H22N2O3. The van der Waals surface area contributed by atoms with Crippen LogP contribution in [0.4, 0.5) is 0 Å². The molecule has 1 atom stereocenters. The van der Waals surface area contributed by atoms with Gasteiger partial charge in [0.15, 0.2) is 0 Å². The van der Waals surface area contributed by atoms with E-state index >= 15 is 0 Å². The Labute approximate surface area is 102 Å². The number of hydrogen-bond acceptors (Lipinski definition) is 3. The predicted molar refractivity (Wildman–Crippen MR) is 64.4 cm³/mol. The second kappa shape index (κ2) is 6.59. The lowest BCUT2D eigenvalue weighted by molar-refractivity contribution is -0.142. The Bertz CT molecular complexity index is 273. The van der Waals surface area contributed by atoms with Gasteiger partial charge in [-0.25, -0.2) is 4.79 Å². The predicted octanol–water partition coefficient (Wildman–Crippen LogP) is 0.873. The van der Waals surface area contributed by atoms with Crippen LogP contribution in [-0.2, 0) is 9.59 Å². The van der Waals surface area contributed by atoms with Crippen molar-refractivity contribution >= 4 is 11.9 Å². The van der Waals surface area contributed by atoms with Crippen LogP contribution in [0.25, 0.3) is 0 Å². The van der Waals surface area contributed by atoms with Crippen molar-refractivity contribution in [3.63, 3.8) is 0 Å². The van der Waals surface area contributed by atoms with Crippen LogP contribution < -0.4 is 11.1 Å². The molecule has 0 aromatic rings. The van der Waals surface area contributed by atoms with Crippen molar-refractivity contribution in [2.45, 2.75) is 57.5 Å². The first-order valence-corrected chi connectivity index (χ1v) is 6.33. The Balaban J connectivity index is 2.44. The second-order valence-corrected chi connectivity index (χ2v) is 4.80. The minimum atomic E-state index is -0.951. The van der Waals surface area contributed by atoms with Gasteiger partial charge in [-0.1, -0.05) is 13.3 Å². The van der Waals surface area contributed by atoms with Crippen molar-refractivity contribution < 1.29 is 14.7 Å². The molecular weight excluding hydrogens is 220 g/mol. The van der Waals surface area contributed by atoms with E-state index in [1.165, 1.54) is 0 Å². The summed E-state index contributed by atoms with van der Waals surface area (Å²) in [6, 6.07) is -0.548. The first-order chi connectivity index (χ1) is 8.04.